The number of aryl methyl sites for hydroxylation is 1. The van der Waals surface area contributed by atoms with Gasteiger partial charge < -0.3 is 14.5 Å². The highest BCUT2D eigenvalue weighted by atomic mass is 32.2. The molecule has 0 atom stereocenters. The number of carboxylic acids is 1. The van der Waals surface area contributed by atoms with Gasteiger partial charge in [-0.3, -0.25) is 9.89 Å². The molecule has 3 rings (SSSR count). The van der Waals surface area contributed by atoms with Crippen LogP contribution >= 0.6 is 0 Å². The van der Waals surface area contributed by atoms with Gasteiger partial charge in [-0.05, 0) is 37.3 Å². The van der Waals surface area contributed by atoms with E-state index in [1.165, 1.54) is 30.3 Å². The summed E-state index contributed by atoms with van der Waals surface area (Å²) in [7, 11) is -4.60. The second-order valence-corrected chi connectivity index (χ2v) is 7.06. The quantitative estimate of drug-likeness (QED) is 0.499. The van der Waals surface area contributed by atoms with E-state index in [0.717, 1.165) is 16.8 Å². The van der Waals surface area contributed by atoms with Crippen LogP contribution in [0.1, 0.15) is 16.1 Å². The number of hydrogen-bond donors (Lipinski definition) is 1. The summed E-state index contributed by atoms with van der Waals surface area (Å²) < 4.78 is 34.1. The summed E-state index contributed by atoms with van der Waals surface area (Å²) in [6, 6.07) is 10.5. The molecule has 28 heavy (non-hydrogen) atoms. The Morgan fingerprint density at radius 2 is 1.71 bits per heavy atom. The number of azo groups is 1. The van der Waals surface area contributed by atoms with E-state index in [9.17, 15) is 27.7 Å². The molecule has 0 aliphatic carbocycles. The minimum Gasteiger partial charge on any atom is -0.744 e. The Morgan fingerprint density at radius 1 is 1.07 bits per heavy atom. The van der Waals surface area contributed by atoms with Gasteiger partial charge in [-0.2, -0.15) is 0 Å². The van der Waals surface area contributed by atoms with Crippen LogP contribution in [0.4, 0.5) is 11.4 Å². The zero-order valence-electron chi connectivity index (χ0n) is 14.3. The molecule has 1 aromatic heterocycles. The summed E-state index contributed by atoms with van der Waals surface area (Å²) in [5.74, 6) is -1.42. The fraction of sp³-hybridized carbons (Fsp3) is 0.0588. The molecule has 0 bridgehead atoms. The van der Waals surface area contributed by atoms with Gasteiger partial charge in [-0.15, -0.1) is 10.2 Å². The van der Waals surface area contributed by atoms with Crippen molar-refractivity contribution >= 4 is 27.5 Å². The summed E-state index contributed by atoms with van der Waals surface area (Å²) in [6.07, 6.45) is 0. The molecule has 0 amide bonds. The van der Waals surface area contributed by atoms with Gasteiger partial charge in [0.1, 0.15) is 10.1 Å². The number of hydrogen-bond acceptors (Lipinski definition) is 8. The molecule has 0 fully saturated rings. The van der Waals surface area contributed by atoms with Crippen molar-refractivity contribution in [3.63, 3.8) is 0 Å². The van der Waals surface area contributed by atoms with Crippen LogP contribution in [0.25, 0.3) is 5.69 Å². The molecule has 3 aromatic rings. The molecule has 10 nitrogen and oxygen atoms in total. The number of aromatic carboxylic acids is 1. The summed E-state index contributed by atoms with van der Waals surface area (Å²) >= 11 is 0. The van der Waals surface area contributed by atoms with Crippen LogP contribution in [0.2, 0.25) is 0 Å². The molecule has 0 aliphatic heterocycles. The van der Waals surface area contributed by atoms with Crippen molar-refractivity contribution in [3.05, 3.63) is 70.1 Å². The molecule has 0 spiro atoms. The smallest absolute Gasteiger partial charge is 0.299 e. The topological polar surface area (TPSA) is 160 Å². The van der Waals surface area contributed by atoms with E-state index in [0.29, 0.717) is 5.69 Å². The first-order valence-electron chi connectivity index (χ1n) is 7.78. The Bertz CT molecular complexity index is 1240. The number of nitrogens with zero attached hydrogens (tertiary/aromatic N) is 3. The maximum Gasteiger partial charge on any atom is 0.299 e. The maximum atomic E-state index is 12.6. The van der Waals surface area contributed by atoms with Gasteiger partial charge in [0.25, 0.3) is 5.56 Å². The van der Waals surface area contributed by atoms with Crippen molar-refractivity contribution in [2.45, 2.75) is 11.8 Å². The summed E-state index contributed by atoms with van der Waals surface area (Å²) in [5.41, 5.74) is -0.177. The van der Waals surface area contributed by atoms with E-state index >= 15 is 0 Å². The van der Waals surface area contributed by atoms with Crippen LogP contribution < -0.4 is 10.7 Å². The zero-order valence-corrected chi connectivity index (χ0v) is 15.1. The lowest BCUT2D eigenvalue weighted by molar-refractivity contribution is -0.254. The molecule has 1 N–H and O–H groups in total. The Balaban J connectivity index is 2.00. The molecule has 0 radical (unpaired) electrons. The number of H-pyrrole nitrogens is 1. The van der Waals surface area contributed by atoms with Crippen LogP contribution in [0.5, 0.6) is 0 Å². The van der Waals surface area contributed by atoms with Gasteiger partial charge in [-0.1, -0.05) is 18.2 Å². The molecule has 0 saturated heterocycles. The van der Waals surface area contributed by atoms with Gasteiger partial charge in [-0.25, -0.2) is 13.1 Å². The van der Waals surface area contributed by atoms with Crippen molar-refractivity contribution in [3.8, 4) is 5.69 Å². The number of carboxylic acid groups (broad SMARTS) is 1. The Kier molecular flexibility index (Phi) is 4.94. The molecular formula is C17H12N4O6S-2. The summed E-state index contributed by atoms with van der Waals surface area (Å²) in [4.78, 5) is 23.3. The molecule has 0 aliphatic rings. The number of carbonyl (C=O) groups is 1. The van der Waals surface area contributed by atoms with Gasteiger partial charge >= 0.3 is 0 Å². The maximum absolute atomic E-state index is 12.6. The van der Waals surface area contributed by atoms with Gasteiger partial charge in [0.05, 0.1) is 27.9 Å². The Labute approximate surface area is 158 Å². The normalized spacial score (nSPS) is 11.8. The first-order valence-corrected chi connectivity index (χ1v) is 9.19. The predicted molar refractivity (Wildman–Crippen MR) is 94.0 cm³/mol. The van der Waals surface area contributed by atoms with E-state index in [1.807, 2.05) is 0 Å². The van der Waals surface area contributed by atoms with E-state index in [-0.39, 0.29) is 22.6 Å². The molecule has 144 valence electrons. The number of aromatic amines is 1. The number of aromatic nitrogens is 2. The molecule has 2 aromatic carbocycles. The van der Waals surface area contributed by atoms with Crippen molar-refractivity contribution in [2.24, 2.45) is 10.2 Å². The fourth-order valence-electron chi connectivity index (χ4n) is 2.44. The van der Waals surface area contributed by atoms with Crippen molar-refractivity contribution < 1.29 is 22.9 Å². The SMILES string of the molecule is Cc1[nH]n(-c2ccc(S(=O)(=O)[O-])cc2)c(=O)c1N=Nc1ccccc1C(=O)[O-]. The fourth-order valence-corrected chi connectivity index (χ4v) is 2.91. The summed E-state index contributed by atoms with van der Waals surface area (Å²) in [6.45, 7) is 1.56. The van der Waals surface area contributed by atoms with Gasteiger partial charge in [0.15, 0.2) is 5.69 Å². The zero-order chi connectivity index (χ0) is 20.5. The molecule has 11 heteroatoms. The lowest BCUT2D eigenvalue weighted by atomic mass is 10.2. The van der Waals surface area contributed by atoms with Crippen LogP contribution in [0.15, 0.2) is 68.4 Å². The van der Waals surface area contributed by atoms with Crippen molar-refractivity contribution in [2.75, 3.05) is 0 Å². The minimum atomic E-state index is -4.60. The lowest BCUT2D eigenvalue weighted by Gasteiger charge is -2.07. The second-order valence-electron chi connectivity index (χ2n) is 5.68. The number of carbonyl (C=O) groups excluding carboxylic acids is 1. The predicted octanol–water partition coefficient (Wildman–Crippen LogP) is 1.16. The highest BCUT2D eigenvalue weighted by Gasteiger charge is 2.13. The minimum absolute atomic E-state index is 0.0269. The highest BCUT2D eigenvalue weighted by Crippen LogP contribution is 2.22. The van der Waals surface area contributed by atoms with Crippen molar-refractivity contribution in [1.29, 1.82) is 0 Å². The van der Waals surface area contributed by atoms with Gasteiger partial charge in [0, 0.05) is 5.56 Å². The van der Waals surface area contributed by atoms with E-state index < -0.39 is 26.5 Å². The number of nitrogens with one attached hydrogen (secondary N) is 1. The van der Waals surface area contributed by atoms with E-state index in [1.54, 1.807) is 13.0 Å². The van der Waals surface area contributed by atoms with Crippen molar-refractivity contribution in [1.82, 2.24) is 9.78 Å². The highest BCUT2D eigenvalue weighted by molar-refractivity contribution is 7.85. The largest absolute Gasteiger partial charge is 0.744 e. The average molecular weight is 400 g/mol. The number of benzene rings is 2. The summed E-state index contributed by atoms with van der Waals surface area (Å²) in [5, 5.41) is 21.5. The van der Waals surface area contributed by atoms with Crippen LogP contribution in [0, 0.1) is 6.92 Å². The molecule has 0 saturated carbocycles. The second kappa shape index (κ2) is 7.21. The van der Waals surface area contributed by atoms with Crippen LogP contribution in [0.3, 0.4) is 0 Å². The van der Waals surface area contributed by atoms with Crippen LogP contribution in [-0.2, 0) is 10.1 Å². The third-order valence-electron chi connectivity index (χ3n) is 3.81. The van der Waals surface area contributed by atoms with E-state index in [4.69, 9.17) is 0 Å². The van der Waals surface area contributed by atoms with Gasteiger partial charge in [0.2, 0.25) is 0 Å². The van der Waals surface area contributed by atoms with E-state index in [2.05, 4.69) is 15.3 Å². The number of rotatable bonds is 5. The molecule has 0 unspecified atom stereocenters. The standard InChI is InChI=1S/C17H14N4O6S/c1-10-15(19-18-14-5-3-2-4-13(14)17(23)24)16(22)21(20-10)11-6-8-12(9-7-11)28(25,26)27/h2-9,20H,1H3,(H,23,24)(H,25,26,27)/p-2. The first-order chi connectivity index (χ1) is 13.2. The molecule has 1 heterocycles. The average Bonchev–Trinajstić information content (AvgIpc) is 2.93. The monoisotopic (exact) mass is 400 g/mol. The third kappa shape index (κ3) is 3.75. The lowest BCUT2D eigenvalue weighted by Crippen LogP contribution is -2.22. The molecular weight excluding hydrogens is 388 g/mol. The van der Waals surface area contributed by atoms with Crippen LogP contribution in [-0.4, -0.2) is 28.7 Å². The first kappa shape index (κ1) is 19.2. The third-order valence-corrected chi connectivity index (χ3v) is 4.66. The Morgan fingerprint density at radius 3 is 2.32 bits per heavy atom. The Hall–Kier alpha value is -3.57.